The van der Waals surface area contributed by atoms with Gasteiger partial charge in [0.2, 0.25) is 0 Å². The molecule has 0 saturated carbocycles. The lowest BCUT2D eigenvalue weighted by molar-refractivity contribution is -0.137. The van der Waals surface area contributed by atoms with Gasteiger partial charge < -0.3 is 15.9 Å². The number of rotatable bonds is 3. The first-order valence-corrected chi connectivity index (χ1v) is 4.90. The highest BCUT2D eigenvalue weighted by molar-refractivity contribution is 14.1. The zero-order valence-corrected chi connectivity index (χ0v) is 9.30. The van der Waals surface area contributed by atoms with Crippen molar-refractivity contribution >= 4 is 28.6 Å². The first-order valence-electron chi connectivity index (χ1n) is 3.82. The highest BCUT2D eigenvalue weighted by atomic mass is 127. The van der Waals surface area contributed by atoms with E-state index in [1.165, 1.54) is 12.3 Å². The van der Waals surface area contributed by atoms with Crippen molar-refractivity contribution in [1.29, 1.82) is 0 Å². The zero-order chi connectivity index (χ0) is 10.7. The van der Waals surface area contributed by atoms with E-state index < -0.39 is 12.0 Å². The number of hydrogen-bond donors (Lipinski definition) is 3. The lowest BCUT2D eigenvalue weighted by atomic mass is 10.1. The molecular formula is C8H9IN2O3. The van der Waals surface area contributed by atoms with Gasteiger partial charge in [0.05, 0.1) is 18.2 Å². The first kappa shape index (κ1) is 11.2. The Morgan fingerprint density at radius 3 is 2.86 bits per heavy atom. The molecule has 1 heterocycles. The predicted molar refractivity (Wildman–Crippen MR) is 57.8 cm³/mol. The fraction of sp³-hybridized carbons (Fsp3) is 0.250. The first-order chi connectivity index (χ1) is 6.50. The Hall–Kier alpha value is -0.890. The van der Waals surface area contributed by atoms with E-state index in [4.69, 9.17) is 10.8 Å². The maximum absolute atomic E-state index is 10.4. The van der Waals surface area contributed by atoms with Gasteiger partial charge in [0.1, 0.15) is 5.75 Å². The lowest BCUT2D eigenvalue weighted by Gasteiger charge is -2.09. The molecule has 76 valence electrons. The molecule has 0 saturated heterocycles. The summed E-state index contributed by atoms with van der Waals surface area (Å²) >= 11 is 1.99. The number of nitrogens with two attached hydrogens (primary N) is 1. The zero-order valence-electron chi connectivity index (χ0n) is 7.14. The molecule has 14 heavy (non-hydrogen) atoms. The number of aromatic hydroxyl groups is 1. The number of halogens is 1. The Bertz CT molecular complexity index is 356. The Balaban J connectivity index is 2.90. The molecule has 0 aliphatic carbocycles. The van der Waals surface area contributed by atoms with Crippen LogP contribution in [0.1, 0.15) is 18.2 Å². The third-order valence-corrected chi connectivity index (χ3v) is 2.20. The lowest BCUT2D eigenvalue weighted by Crippen LogP contribution is -2.16. The van der Waals surface area contributed by atoms with E-state index in [2.05, 4.69) is 4.98 Å². The summed E-state index contributed by atoms with van der Waals surface area (Å²) in [6.45, 7) is 0. The van der Waals surface area contributed by atoms with Gasteiger partial charge in [-0.25, -0.2) is 0 Å². The highest BCUT2D eigenvalue weighted by Gasteiger charge is 2.15. The van der Waals surface area contributed by atoms with Crippen molar-refractivity contribution in [2.75, 3.05) is 0 Å². The Morgan fingerprint density at radius 1 is 1.71 bits per heavy atom. The van der Waals surface area contributed by atoms with Crippen LogP contribution in [0.3, 0.4) is 0 Å². The summed E-state index contributed by atoms with van der Waals surface area (Å²) < 4.78 is 0.770. The Kier molecular flexibility index (Phi) is 3.64. The monoisotopic (exact) mass is 308 g/mol. The van der Waals surface area contributed by atoms with E-state index in [-0.39, 0.29) is 17.9 Å². The Morgan fingerprint density at radius 2 is 2.36 bits per heavy atom. The van der Waals surface area contributed by atoms with E-state index in [1.807, 2.05) is 22.6 Å². The number of aromatic nitrogens is 1. The molecule has 1 aromatic heterocycles. The minimum absolute atomic E-state index is 0.0642. The predicted octanol–water partition coefficient (Wildman–Crippen LogP) is 0.866. The molecule has 0 spiro atoms. The molecule has 0 unspecified atom stereocenters. The molecule has 0 aromatic carbocycles. The number of carbonyl (C=O) groups is 1. The number of aliphatic carboxylic acids is 1. The summed E-state index contributed by atoms with van der Waals surface area (Å²) in [6, 6.07) is 0.717. The van der Waals surface area contributed by atoms with Gasteiger partial charge in [-0.05, 0) is 28.7 Å². The molecule has 1 rings (SSSR count). The number of nitrogens with zero attached hydrogens (tertiary/aromatic N) is 1. The van der Waals surface area contributed by atoms with Crippen molar-refractivity contribution in [1.82, 2.24) is 4.98 Å². The number of pyridine rings is 1. The van der Waals surface area contributed by atoms with Crippen LogP contribution in [0.5, 0.6) is 5.75 Å². The fourth-order valence-electron chi connectivity index (χ4n) is 1.01. The molecule has 0 amide bonds. The molecule has 6 heteroatoms. The molecule has 5 nitrogen and oxygen atoms in total. The second-order valence-corrected chi connectivity index (χ2v) is 4.01. The normalized spacial score (nSPS) is 12.4. The van der Waals surface area contributed by atoms with Crippen molar-refractivity contribution in [2.24, 2.45) is 5.73 Å². The third kappa shape index (κ3) is 2.81. The van der Waals surface area contributed by atoms with E-state index in [0.29, 0.717) is 0 Å². The van der Waals surface area contributed by atoms with Gasteiger partial charge >= 0.3 is 5.97 Å². The van der Waals surface area contributed by atoms with Gasteiger partial charge in [-0.1, -0.05) is 0 Å². The van der Waals surface area contributed by atoms with Crippen molar-refractivity contribution in [3.05, 3.63) is 21.5 Å². The summed E-state index contributed by atoms with van der Waals surface area (Å²) in [6.07, 6.45) is 1.28. The second-order valence-electron chi connectivity index (χ2n) is 2.76. The van der Waals surface area contributed by atoms with Crippen LogP contribution in [0.15, 0.2) is 12.3 Å². The quantitative estimate of drug-likeness (QED) is 0.720. The van der Waals surface area contributed by atoms with Crippen LogP contribution in [0.4, 0.5) is 0 Å². The van der Waals surface area contributed by atoms with Crippen molar-refractivity contribution in [2.45, 2.75) is 12.5 Å². The SMILES string of the molecule is N[C@H](CC(=O)O)c1ncc(I)cc1O. The van der Waals surface area contributed by atoms with E-state index >= 15 is 0 Å². The molecule has 4 N–H and O–H groups in total. The number of hydrogen-bond acceptors (Lipinski definition) is 4. The smallest absolute Gasteiger partial charge is 0.305 e. The van der Waals surface area contributed by atoms with E-state index in [0.717, 1.165) is 3.57 Å². The van der Waals surface area contributed by atoms with Crippen molar-refractivity contribution in [3.8, 4) is 5.75 Å². The summed E-state index contributed by atoms with van der Waals surface area (Å²) in [5.74, 6) is -1.08. The summed E-state index contributed by atoms with van der Waals surface area (Å²) in [4.78, 5) is 14.3. The largest absolute Gasteiger partial charge is 0.506 e. The molecule has 0 fully saturated rings. The molecule has 0 radical (unpaired) electrons. The maximum atomic E-state index is 10.4. The minimum atomic E-state index is -1.02. The van der Waals surface area contributed by atoms with Crippen LogP contribution in [0, 0.1) is 3.57 Å². The van der Waals surface area contributed by atoms with Crippen molar-refractivity contribution in [3.63, 3.8) is 0 Å². The van der Waals surface area contributed by atoms with Crippen LogP contribution in [0.2, 0.25) is 0 Å². The standard InChI is InChI=1S/C8H9IN2O3/c9-4-1-6(12)8(11-3-4)5(10)2-7(13)14/h1,3,5,12H,2,10H2,(H,13,14)/t5-/m1/s1. The van der Waals surface area contributed by atoms with E-state index in [1.54, 1.807) is 0 Å². The topological polar surface area (TPSA) is 96.4 Å². The molecular weight excluding hydrogens is 299 g/mol. The van der Waals surface area contributed by atoms with E-state index in [9.17, 15) is 9.90 Å². The fourth-order valence-corrected chi connectivity index (χ4v) is 1.44. The summed E-state index contributed by atoms with van der Waals surface area (Å²) in [5.41, 5.74) is 5.76. The number of carboxylic acid groups (broad SMARTS) is 1. The Labute approximate surface area is 94.1 Å². The number of carboxylic acids is 1. The van der Waals surface area contributed by atoms with Crippen LogP contribution in [-0.2, 0) is 4.79 Å². The summed E-state index contributed by atoms with van der Waals surface area (Å²) in [5, 5.41) is 17.9. The third-order valence-electron chi connectivity index (χ3n) is 1.61. The highest BCUT2D eigenvalue weighted by Crippen LogP contribution is 2.23. The molecule has 0 bridgehead atoms. The van der Waals surface area contributed by atoms with Gasteiger partial charge in [-0.15, -0.1) is 0 Å². The average Bonchev–Trinajstić information content (AvgIpc) is 2.01. The minimum Gasteiger partial charge on any atom is -0.506 e. The van der Waals surface area contributed by atoms with Crippen LogP contribution < -0.4 is 5.73 Å². The van der Waals surface area contributed by atoms with Gasteiger partial charge in [-0.2, -0.15) is 0 Å². The average molecular weight is 308 g/mol. The summed E-state index contributed by atoms with van der Waals surface area (Å²) in [7, 11) is 0. The van der Waals surface area contributed by atoms with Gasteiger partial charge in [0.25, 0.3) is 0 Å². The van der Waals surface area contributed by atoms with Crippen LogP contribution in [0.25, 0.3) is 0 Å². The van der Waals surface area contributed by atoms with Crippen LogP contribution >= 0.6 is 22.6 Å². The molecule has 0 aliphatic rings. The molecule has 1 aromatic rings. The maximum Gasteiger partial charge on any atom is 0.305 e. The van der Waals surface area contributed by atoms with Crippen molar-refractivity contribution < 1.29 is 15.0 Å². The second kappa shape index (κ2) is 4.56. The van der Waals surface area contributed by atoms with Gasteiger partial charge in [-0.3, -0.25) is 9.78 Å². The molecule has 1 atom stereocenters. The van der Waals surface area contributed by atoms with Gasteiger partial charge in [0.15, 0.2) is 0 Å². The van der Waals surface area contributed by atoms with Gasteiger partial charge in [0, 0.05) is 9.77 Å². The molecule has 0 aliphatic heterocycles. The van der Waals surface area contributed by atoms with Crippen LogP contribution in [-0.4, -0.2) is 21.2 Å².